The van der Waals surface area contributed by atoms with Crippen LogP contribution in [0.2, 0.25) is 0 Å². The molecule has 0 N–H and O–H groups in total. The molecular weight excluding hydrogens is 255 g/mol. The minimum Gasteiger partial charge on any atom is -0.462 e. The number of ether oxygens (including phenoxy) is 2. The Balaban J connectivity index is 2.58. The van der Waals surface area contributed by atoms with Crippen LogP contribution in [0.15, 0.2) is 23.1 Å². The van der Waals surface area contributed by atoms with Gasteiger partial charge in [0, 0.05) is 18.4 Å². The summed E-state index contributed by atoms with van der Waals surface area (Å²) in [4.78, 5) is 12.2. The molecule has 1 rings (SSSR count). The van der Waals surface area contributed by atoms with Crippen LogP contribution in [0.3, 0.4) is 0 Å². The largest absolute Gasteiger partial charge is 0.462 e. The van der Waals surface area contributed by atoms with Gasteiger partial charge in [0.2, 0.25) is 0 Å². The van der Waals surface area contributed by atoms with Gasteiger partial charge in [0.1, 0.15) is 5.82 Å². The van der Waals surface area contributed by atoms with Crippen molar-refractivity contribution in [1.82, 2.24) is 0 Å². The molecule has 0 amide bonds. The molecule has 3 nitrogen and oxygen atoms in total. The van der Waals surface area contributed by atoms with Gasteiger partial charge in [-0.15, -0.1) is 12.6 Å². The van der Waals surface area contributed by atoms with Gasteiger partial charge >= 0.3 is 5.97 Å². The van der Waals surface area contributed by atoms with E-state index < -0.39 is 11.8 Å². The number of carbonyl (C=O) groups is 1. The van der Waals surface area contributed by atoms with Crippen molar-refractivity contribution < 1.29 is 18.7 Å². The summed E-state index contributed by atoms with van der Waals surface area (Å²) < 4.78 is 23.6. The van der Waals surface area contributed by atoms with Gasteiger partial charge in [0.05, 0.1) is 17.8 Å². The molecule has 0 saturated heterocycles. The molecule has 0 aliphatic heterocycles. The van der Waals surface area contributed by atoms with E-state index in [0.717, 1.165) is 0 Å². The summed E-state index contributed by atoms with van der Waals surface area (Å²) in [5.74, 6) is -1.29. The minimum absolute atomic E-state index is 0.0993. The molecule has 0 fully saturated rings. The highest BCUT2D eigenvalue weighted by molar-refractivity contribution is 7.80. The van der Waals surface area contributed by atoms with Crippen molar-refractivity contribution in [3.8, 4) is 0 Å². The molecule has 0 radical (unpaired) electrons. The SMILES string of the molecule is COC(C)(C)CCOC(=O)c1cc(S)ccc1F. The van der Waals surface area contributed by atoms with E-state index in [4.69, 9.17) is 9.47 Å². The zero-order valence-corrected chi connectivity index (χ0v) is 11.6. The van der Waals surface area contributed by atoms with Gasteiger partial charge in [0.25, 0.3) is 0 Å². The fourth-order valence-corrected chi connectivity index (χ4v) is 1.44. The molecule has 100 valence electrons. The lowest BCUT2D eigenvalue weighted by Crippen LogP contribution is -2.25. The summed E-state index contributed by atoms with van der Waals surface area (Å²) in [5.41, 5.74) is -0.470. The van der Waals surface area contributed by atoms with Crippen molar-refractivity contribution in [3.05, 3.63) is 29.6 Å². The first-order chi connectivity index (χ1) is 8.35. The Morgan fingerprint density at radius 2 is 2.11 bits per heavy atom. The molecule has 0 atom stereocenters. The quantitative estimate of drug-likeness (QED) is 0.661. The summed E-state index contributed by atoms with van der Waals surface area (Å²) in [6.07, 6.45) is 0.539. The van der Waals surface area contributed by atoms with E-state index in [0.29, 0.717) is 11.3 Å². The smallest absolute Gasteiger partial charge is 0.341 e. The zero-order chi connectivity index (χ0) is 13.8. The van der Waals surface area contributed by atoms with Crippen molar-refractivity contribution >= 4 is 18.6 Å². The maximum absolute atomic E-state index is 13.4. The first kappa shape index (κ1) is 15.0. The molecule has 1 aromatic rings. The third kappa shape index (κ3) is 4.31. The molecule has 0 spiro atoms. The number of hydrogen-bond donors (Lipinski definition) is 1. The van der Waals surface area contributed by atoms with E-state index in [2.05, 4.69) is 12.6 Å². The fraction of sp³-hybridized carbons (Fsp3) is 0.462. The third-order valence-electron chi connectivity index (χ3n) is 2.66. The summed E-state index contributed by atoms with van der Waals surface area (Å²) in [5, 5.41) is 0. The summed E-state index contributed by atoms with van der Waals surface area (Å²) in [7, 11) is 1.59. The lowest BCUT2D eigenvalue weighted by atomic mass is 10.1. The Hall–Kier alpha value is -1.07. The zero-order valence-electron chi connectivity index (χ0n) is 10.7. The van der Waals surface area contributed by atoms with Crippen LogP contribution in [-0.2, 0) is 9.47 Å². The van der Waals surface area contributed by atoms with Crippen LogP contribution < -0.4 is 0 Å². The van der Waals surface area contributed by atoms with Gasteiger partial charge in [-0.05, 0) is 32.0 Å². The maximum atomic E-state index is 13.4. The average molecular weight is 272 g/mol. The Bertz CT molecular complexity index is 432. The average Bonchev–Trinajstić information content (AvgIpc) is 2.32. The van der Waals surface area contributed by atoms with Gasteiger partial charge in [-0.3, -0.25) is 0 Å². The molecule has 5 heteroatoms. The topological polar surface area (TPSA) is 35.5 Å². The number of benzene rings is 1. The van der Waals surface area contributed by atoms with Gasteiger partial charge in [0.15, 0.2) is 0 Å². The van der Waals surface area contributed by atoms with Crippen LogP contribution in [0, 0.1) is 5.82 Å². The molecule has 1 aromatic carbocycles. The molecule has 0 aliphatic rings. The highest BCUT2D eigenvalue weighted by atomic mass is 32.1. The van der Waals surface area contributed by atoms with Crippen LogP contribution in [0.25, 0.3) is 0 Å². The molecular formula is C13H17FO3S. The normalized spacial score (nSPS) is 11.4. The van der Waals surface area contributed by atoms with Gasteiger partial charge in [-0.25, -0.2) is 9.18 Å². The van der Waals surface area contributed by atoms with Crippen molar-refractivity contribution in [1.29, 1.82) is 0 Å². The Labute approximate surface area is 112 Å². The van der Waals surface area contributed by atoms with Gasteiger partial charge in [-0.2, -0.15) is 0 Å². The molecule has 0 unspecified atom stereocenters. The molecule has 0 aliphatic carbocycles. The van der Waals surface area contributed by atoms with Crippen LogP contribution in [0.4, 0.5) is 4.39 Å². The van der Waals surface area contributed by atoms with Crippen LogP contribution in [0.5, 0.6) is 0 Å². The highest BCUT2D eigenvalue weighted by Crippen LogP contribution is 2.16. The van der Waals surface area contributed by atoms with E-state index in [-0.39, 0.29) is 17.8 Å². The summed E-state index contributed by atoms with van der Waals surface area (Å²) in [6, 6.07) is 4.02. The molecule has 18 heavy (non-hydrogen) atoms. The molecule has 0 saturated carbocycles. The first-order valence-corrected chi connectivity index (χ1v) is 6.01. The van der Waals surface area contributed by atoms with Crippen molar-refractivity contribution in [2.45, 2.75) is 30.8 Å². The van der Waals surface area contributed by atoms with Crippen LogP contribution in [-0.4, -0.2) is 25.3 Å². The molecule has 0 aromatic heterocycles. The van der Waals surface area contributed by atoms with Crippen molar-refractivity contribution in [2.24, 2.45) is 0 Å². The minimum atomic E-state index is -0.685. The monoisotopic (exact) mass is 272 g/mol. The predicted octanol–water partition coefficient (Wildman–Crippen LogP) is 3.09. The number of hydrogen-bond acceptors (Lipinski definition) is 4. The molecule has 0 bridgehead atoms. The highest BCUT2D eigenvalue weighted by Gasteiger charge is 2.18. The lowest BCUT2D eigenvalue weighted by molar-refractivity contribution is -0.00575. The van der Waals surface area contributed by atoms with E-state index >= 15 is 0 Å². The number of rotatable bonds is 5. The Kier molecular flexibility index (Phi) is 5.16. The Morgan fingerprint density at radius 1 is 1.44 bits per heavy atom. The number of methoxy groups -OCH3 is 1. The van der Waals surface area contributed by atoms with Crippen molar-refractivity contribution in [3.63, 3.8) is 0 Å². The second kappa shape index (κ2) is 6.20. The summed E-state index contributed by atoms with van der Waals surface area (Å²) >= 11 is 4.05. The third-order valence-corrected chi connectivity index (χ3v) is 2.94. The number of carbonyl (C=O) groups excluding carboxylic acids is 1. The second-order valence-electron chi connectivity index (χ2n) is 4.51. The molecule has 0 heterocycles. The lowest BCUT2D eigenvalue weighted by Gasteiger charge is -2.22. The number of thiol groups is 1. The summed E-state index contributed by atoms with van der Waals surface area (Å²) in [6.45, 7) is 3.95. The van der Waals surface area contributed by atoms with Gasteiger partial charge in [-0.1, -0.05) is 0 Å². The first-order valence-electron chi connectivity index (χ1n) is 5.56. The van der Waals surface area contributed by atoms with Crippen LogP contribution in [0.1, 0.15) is 30.6 Å². The van der Waals surface area contributed by atoms with Crippen molar-refractivity contribution in [2.75, 3.05) is 13.7 Å². The Morgan fingerprint density at radius 3 is 2.72 bits per heavy atom. The van der Waals surface area contributed by atoms with E-state index in [9.17, 15) is 9.18 Å². The van der Waals surface area contributed by atoms with Gasteiger partial charge < -0.3 is 9.47 Å². The van der Waals surface area contributed by atoms with E-state index in [1.807, 2.05) is 13.8 Å². The number of halogens is 1. The van der Waals surface area contributed by atoms with E-state index in [1.165, 1.54) is 18.2 Å². The number of esters is 1. The standard InChI is InChI=1S/C13H17FO3S/c1-13(2,16-3)6-7-17-12(15)10-8-9(18)4-5-11(10)14/h4-5,8,18H,6-7H2,1-3H3. The van der Waals surface area contributed by atoms with E-state index in [1.54, 1.807) is 7.11 Å². The van der Waals surface area contributed by atoms with Crippen LogP contribution >= 0.6 is 12.6 Å². The second-order valence-corrected chi connectivity index (χ2v) is 5.03. The fourth-order valence-electron chi connectivity index (χ4n) is 1.24. The maximum Gasteiger partial charge on any atom is 0.341 e. The predicted molar refractivity (Wildman–Crippen MR) is 69.6 cm³/mol.